The first kappa shape index (κ1) is 15.2. The SMILES string of the molecule is Cc1nccn1CCCN1CCC[C@H]1c1nc(C(C)C)no1. The van der Waals surface area contributed by atoms with Crippen LogP contribution in [0.15, 0.2) is 16.9 Å². The van der Waals surface area contributed by atoms with Crippen LogP contribution in [-0.2, 0) is 6.54 Å². The molecule has 6 heteroatoms. The van der Waals surface area contributed by atoms with Gasteiger partial charge < -0.3 is 9.09 Å². The molecule has 1 aliphatic heterocycles. The van der Waals surface area contributed by atoms with Crippen molar-refractivity contribution in [2.75, 3.05) is 13.1 Å². The standard InChI is InChI=1S/C16H25N5O/c1-12(2)15-18-16(22-19-15)14-6-4-8-21(14)10-5-9-20-11-7-17-13(20)3/h7,11-12,14H,4-6,8-10H2,1-3H3/t14-/m0/s1. The lowest BCUT2D eigenvalue weighted by Gasteiger charge is -2.21. The predicted molar refractivity (Wildman–Crippen MR) is 83.5 cm³/mol. The topological polar surface area (TPSA) is 60.0 Å². The maximum absolute atomic E-state index is 5.49. The number of hydrogen-bond acceptors (Lipinski definition) is 5. The average molecular weight is 303 g/mol. The molecular formula is C16H25N5O. The van der Waals surface area contributed by atoms with E-state index in [0.717, 1.165) is 50.0 Å². The predicted octanol–water partition coefficient (Wildman–Crippen LogP) is 2.93. The molecule has 3 heterocycles. The first-order chi connectivity index (χ1) is 10.6. The van der Waals surface area contributed by atoms with E-state index in [9.17, 15) is 0 Å². The fraction of sp³-hybridized carbons (Fsp3) is 0.688. The molecule has 22 heavy (non-hydrogen) atoms. The Balaban J connectivity index is 1.57. The summed E-state index contributed by atoms with van der Waals surface area (Å²) in [6, 6.07) is 0.295. The van der Waals surface area contributed by atoms with E-state index in [2.05, 4.69) is 38.4 Å². The van der Waals surface area contributed by atoms with Crippen molar-refractivity contribution in [2.24, 2.45) is 0 Å². The summed E-state index contributed by atoms with van der Waals surface area (Å²) in [6.45, 7) is 9.42. The van der Waals surface area contributed by atoms with Crippen molar-refractivity contribution in [3.8, 4) is 0 Å². The quantitative estimate of drug-likeness (QED) is 0.821. The summed E-state index contributed by atoms with van der Waals surface area (Å²) < 4.78 is 7.70. The first-order valence-corrected chi connectivity index (χ1v) is 8.20. The lowest BCUT2D eigenvalue weighted by Crippen LogP contribution is -2.25. The van der Waals surface area contributed by atoms with Gasteiger partial charge in [0, 0.05) is 31.4 Å². The number of likely N-dealkylation sites (tertiary alicyclic amines) is 1. The first-order valence-electron chi connectivity index (χ1n) is 8.20. The summed E-state index contributed by atoms with van der Waals surface area (Å²) in [4.78, 5) is 11.3. The minimum Gasteiger partial charge on any atom is -0.338 e. The molecule has 0 amide bonds. The Morgan fingerprint density at radius 3 is 2.91 bits per heavy atom. The van der Waals surface area contributed by atoms with E-state index in [1.165, 1.54) is 6.42 Å². The molecule has 1 atom stereocenters. The maximum Gasteiger partial charge on any atom is 0.244 e. The Kier molecular flexibility index (Phi) is 4.57. The third kappa shape index (κ3) is 3.21. The van der Waals surface area contributed by atoms with E-state index in [1.54, 1.807) is 0 Å². The van der Waals surface area contributed by atoms with Crippen LogP contribution >= 0.6 is 0 Å². The van der Waals surface area contributed by atoms with Gasteiger partial charge >= 0.3 is 0 Å². The van der Waals surface area contributed by atoms with Gasteiger partial charge in [0.25, 0.3) is 0 Å². The third-order valence-corrected chi connectivity index (χ3v) is 4.39. The Morgan fingerprint density at radius 1 is 1.36 bits per heavy atom. The molecule has 1 saturated heterocycles. The van der Waals surface area contributed by atoms with Crippen molar-refractivity contribution in [1.29, 1.82) is 0 Å². The fourth-order valence-corrected chi connectivity index (χ4v) is 3.07. The highest BCUT2D eigenvalue weighted by molar-refractivity contribution is 4.99. The zero-order valence-electron chi connectivity index (χ0n) is 13.7. The summed E-state index contributed by atoms with van der Waals surface area (Å²) in [5.41, 5.74) is 0. The average Bonchev–Trinajstić information content (AvgIpc) is 3.19. The van der Waals surface area contributed by atoms with Crippen molar-refractivity contribution in [2.45, 2.75) is 58.5 Å². The van der Waals surface area contributed by atoms with Gasteiger partial charge in [0.05, 0.1) is 6.04 Å². The van der Waals surface area contributed by atoms with Gasteiger partial charge in [-0.1, -0.05) is 19.0 Å². The van der Waals surface area contributed by atoms with E-state index in [-0.39, 0.29) is 0 Å². The van der Waals surface area contributed by atoms with Crippen LogP contribution < -0.4 is 0 Å². The highest BCUT2D eigenvalue weighted by Gasteiger charge is 2.30. The molecule has 0 unspecified atom stereocenters. The smallest absolute Gasteiger partial charge is 0.244 e. The fourth-order valence-electron chi connectivity index (χ4n) is 3.07. The van der Waals surface area contributed by atoms with E-state index in [0.29, 0.717) is 12.0 Å². The van der Waals surface area contributed by atoms with Crippen LogP contribution in [0.25, 0.3) is 0 Å². The Hall–Kier alpha value is -1.69. The van der Waals surface area contributed by atoms with Crippen LogP contribution in [0.3, 0.4) is 0 Å². The zero-order chi connectivity index (χ0) is 15.5. The summed E-state index contributed by atoms with van der Waals surface area (Å²) in [7, 11) is 0. The van der Waals surface area contributed by atoms with E-state index < -0.39 is 0 Å². The summed E-state index contributed by atoms with van der Waals surface area (Å²) >= 11 is 0. The number of imidazole rings is 1. The molecule has 120 valence electrons. The Bertz CT molecular complexity index is 603. The van der Waals surface area contributed by atoms with Crippen molar-refractivity contribution >= 4 is 0 Å². The molecule has 6 nitrogen and oxygen atoms in total. The highest BCUT2D eigenvalue weighted by atomic mass is 16.5. The second-order valence-corrected chi connectivity index (χ2v) is 6.36. The summed E-state index contributed by atoms with van der Waals surface area (Å²) in [5, 5.41) is 4.10. The van der Waals surface area contributed by atoms with Gasteiger partial charge in [-0.15, -0.1) is 0 Å². The Labute approximate surface area is 131 Å². The monoisotopic (exact) mass is 303 g/mol. The van der Waals surface area contributed by atoms with Gasteiger partial charge in [-0.3, -0.25) is 4.90 Å². The van der Waals surface area contributed by atoms with Gasteiger partial charge in [-0.2, -0.15) is 4.98 Å². The molecule has 0 radical (unpaired) electrons. The molecule has 0 bridgehead atoms. The third-order valence-electron chi connectivity index (χ3n) is 4.39. The van der Waals surface area contributed by atoms with E-state index >= 15 is 0 Å². The zero-order valence-corrected chi connectivity index (χ0v) is 13.7. The molecule has 1 aliphatic rings. The van der Waals surface area contributed by atoms with E-state index in [1.807, 2.05) is 19.3 Å². The molecule has 0 spiro atoms. The van der Waals surface area contributed by atoms with Crippen LogP contribution in [0, 0.1) is 6.92 Å². The molecule has 3 rings (SSSR count). The van der Waals surface area contributed by atoms with Gasteiger partial charge in [0.15, 0.2) is 5.82 Å². The molecule has 0 aliphatic carbocycles. The second-order valence-electron chi connectivity index (χ2n) is 6.36. The van der Waals surface area contributed by atoms with Crippen LogP contribution in [0.1, 0.15) is 62.6 Å². The van der Waals surface area contributed by atoms with Crippen molar-refractivity contribution in [1.82, 2.24) is 24.6 Å². The minimum atomic E-state index is 0.295. The van der Waals surface area contributed by atoms with Gasteiger partial charge in [0.2, 0.25) is 5.89 Å². The summed E-state index contributed by atoms with van der Waals surface area (Å²) in [6.07, 6.45) is 7.33. The molecule has 0 saturated carbocycles. The number of aromatic nitrogens is 4. The number of rotatable bonds is 6. The second kappa shape index (κ2) is 6.60. The molecule has 2 aromatic rings. The minimum absolute atomic E-state index is 0.295. The van der Waals surface area contributed by atoms with E-state index in [4.69, 9.17) is 4.52 Å². The van der Waals surface area contributed by atoms with Crippen LogP contribution in [0.5, 0.6) is 0 Å². The van der Waals surface area contributed by atoms with Crippen LogP contribution in [0.2, 0.25) is 0 Å². The van der Waals surface area contributed by atoms with Crippen molar-refractivity contribution in [3.05, 3.63) is 29.9 Å². The van der Waals surface area contributed by atoms with Gasteiger partial charge in [0.1, 0.15) is 5.82 Å². The Morgan fingerprint density at radius 2 is 2.23 bits per heavy atom. The summed E-state index contributed by atoms with van der Waals surface area (Å²) in [5.74, 6) is 3.00. The molecule has 0 aromatic carbocycles. The number of aryl methyl sites for hydroxylation is 2. The molecule has 2 aromatic heterocycles. The van der Waals surface area contributed by atoms with Crippen LogP contribution in [0.4, 0.5) is 0 Å². The lowest BCUT2D eigenvalue weighted by molar-refractivity contribution is 0.203. The lowest BCUT2D eigenvalue weighted by atomic mass is 10.2. The van der Waals surface area contributed by atoms with Gasteiger partial charge in [-0.25, -0.2) is 4.98 Å². The maximum atomic E-state index is 5.49. The molecular weight excluding hydrogens is 278 g/mol. The number of hydrogen-bond donors (Lipinski definition) is 0. The normalized spacial score (nSPS) is 19.4. The van der Waals surface area contributed by atoms with Gasteiger partial charge in [-0.05, 0) is 32.7 Å². The van der Waals surface area contributed by atoms with Crippen molar-refractivity contribution < 1.29 is 4.52 Å². The molecule has 0 N–H and O–H groups in total. The molecule has 1 fully saturated rings. The van der Waals surface area contributed by atoms with Crippen LogP contribution in [-0.4, -0.2) is 37.7 Å². The highest BCUT2D eigenvalue weighted by Crippen LogP contribution is 2.31. The largest absolute Gasteiger partial charge is 0.338 e. The van der Waals surface area contributed by atoms with Crippen molar-refractivity contribution in [3.63, 3.8) is 0 Å². The number of nitrogens with zero attached hydrogens (tertiary/aromatic N) is 5.